The lowest BCUT2D eigenvalue weighted by atomic mass is 9.96. The van der Waals surface area contributed by atoms with Gasteiger partial charge in [-0.1, -0.05) is 13.0 Å². The molecule has 10 heteroatoms. The molecule has 3 rings (SSSR count). The van der Waals surface area contributed by atoms with Gasteiger partial charge in [0.1, 0.15) is 5.75 Å². The molecule has 0 aliphatic rings. The molecule has 1 heterocycles. The largest absolute Gasteiger partial charge is 0.427 e. The molecule has 2 aromatic carbocycles. The van der Waals surface area contributed by atoms with Gasteiger partial charge in [-0.15, -0.1) is 0 Å². The average molecular weight is 419 g/mol. The van der Waals surface area contributed by atoms with Gasteiger partial charge in [-0.25, -0.2) is 4.79 Å². The number of aromatic nitrogens is 1. The Labute approximate surface area is 168 Å². The van der Waals surface area contributed by atoms with Crippen molar-refractivity contribution >= 4 is 28.8 Å². The van der Waals surface area contributed by atoms with Crippen LogP contribution in [0.15, 0.2) is 42.6 Å². The first-order chi connectivity index (χ1) is 14.0. The van der Waals surface area contributed by atoms with Crippen LogP contribution in [0.5, 0.6) is 5.75 Å². The highest BCUT2D eigenvalue weighted by Crippen LogP contribution is 2.41. The molecule has 4 N–H and O–H groups in total. The first-order valence-corrected chi connectivity index (χ1v) is 8.70. The Morgan fingerprint density at radius 1 is 1.03 bits per heavy atom. The minimum absolute atomic E-state index is 0.0153. The maximum absolute atomic E-state index is 13.7. The average Bonchev–Trinajstić information content (AvgIpc) is 3.05. The summed E-state index contributed by atoms with van der Waals surface area (Å²) in [6.07, 6.45) is -3.55. The van der Waals surface area contributed by atoms with Gasteiger partial charge in [0.25, 0.3) is 0 Å². The maximum atomic E-state index is 13.7. The third kappa shape index (κ3) is 3.84. The monoisotopic (exact) mass is 419 g/mol. The van der Waals surface area contributed by atoms with Crippen LogP contribution in [0.1, 0.15) is 29.3 Å². The third-order valence-corrected chi connectivity index (χ3v) is 4.43. The molecule has 0 bridgehead atoms. The summed E-state index contributed by atoms with van der Waals surface area (Å²) >= 11 is 0. The number of esters is 1. The molecule has 0 unspecified atom stereocenters. The van der Waals surface area contributed by atoms with Crippen LogP contribution in [-0.4, -0.2) is 22.5 Å². The summed E-state index contributed by atoms with van der Waals surface area (Å²) in [7, 11) is 0. The van der Waals surface area contributed by atoms with Gasteiger partial charge in [-0.2, -0.15) is 13.2 Å². The Morgan fingerprint density at radius 2 is 1.73 bits per heavy atom. The number of primary amides is 2. The molecule has 1 aromatic heterocycles. The SMILES string of the molecule is CCC(=O)Oc1ccc2c(c1)c(-c1ccc(C(N)=O)cc1C(F)(F)F)cn2C(N)=O. The molecule has 0 aliphatic carbocycles. The van der Waals surface area contributed by atoms with E-state index in [0.29, 0.717) is 6.07 Å². The fraction of sp³-hybridized carbons (Fsp3) is 0.150. The number of hydrogen-bond donors (Lipinski definition) is 2. The highest BCUT2D eigenvalue weighted by Gasteiger charge is 2.35. The van der Waals surface area contributed by atoms with Crippen molar-refractivity contribution in [3.63, 3.8) is 0 Å². The van der Waals surface area contributed by atoms with Crippen LogP contribution in [0.4, 0.5) is 18.0 Å². The normalized spacial score (nSPS) is 11.5. The molecule has 0 atom stereocenters. The first kappa shape index (κ1) is 20.9. The van der Waals surface area contributed by atoms with Gasteiger partial charge in [0.15, 0.2) is 0 Å². The van der Waals surface area contributed by atoms with Gasteiger partial charge in [-0.05, 0) is 35.9 Å². The van der Waals surface area contributed by atoms with Crippen LogP contribution >= 0.6 is 0 Å². The summed E-state index contributed by atoms with van der Waals surface area (Å²) in [5.74, 6) is -1.45. The Balaban J connectivity index is 2.32. The van der Waals surface area contributed by atoms with E-state index in [4.69, 9.17) is 16.2 Å². The summed E-state index contributed by atoms with van der Waals surface area (Å²) in [5.41, 5.74) is 8.98. The van der Waals surface area contributed by atoms with E-state index in [0.717, 1.165) is 22.9 Å². The predicted octanol–water partition coefficient (Wildman–Crippen LogP) is 3.67. The van der Waals surface area contributed by atoms with Crippen LogP contribution < -0.4 is 16.2 Å². The molecule has 0 fully saturated rings. The number of carbonyl (C=O) groups excluding carboxylic acids is 3. The lowest BCUT2D eigenvalue weighted by molar-refractivity contribution is -0.137. The van der Waals surface area contributed by atoms with Crippen molar-refractivity contribution in [1.29, 1.82) is 0 Å². The van der Waals surface area contributed by atoms with Gasteiger partial charge in [0.2, 0.25) is 5.91 Å². The first-order valence-electron chi connectivity index (χ1n) is 8.70. The van der Waals surface area contributed by atoms with E-state index in [2.05, 4.69) is 0 Å². The van der Waals surface area contributed by atoms with Crippen molar-refractivity contribution in [2.24, 2.45) is 11.5 Å². The Kier molecular flexibility index (Phi) is 5.26. The number of halogens is 3. The molecule has 0 saturated heterocycles. The Morgan fingerprint density at radius 3 is 2.30 bits per heavy atom. The van der Waals surface area contributed by atoms with Crippen molar-refractivity contribution in [3.8, 4) is 16.9 Å². The number of benzene rings is 2. The quantitative estimate of drug-likeness (QED) is 0.496. The summed E-state index contributed by atoms with van der Waals surface area (Å²) in [4.78, 5) is 34.7. The highest BCUT2D eigenvalue weighted by atomic mass is 19.4. The number of fused-ring (bicyclic) bond motifs is 1. The number of alkyl halides is 3. The zero-order valence-electron chi connectivity index (χ0n) is 15.6. The number of rotatable bonds is 4. The predicted molar refractivity (Wildman–Crippen MR) is 102 cm³/mol. The van der Waals surface area contributed by atoms with Crippen LogP contribution in [0.25, 0.3) is 22.0 Å². The van der Waals surface area contributed by atoms with E-state index in [1.807, 2.05) is 0 Å². The zero-order chi connectivity index (χ0) is 22.2. The lowest BCUT2D eigenvalue weighted by Crippen LogP contribution is -2.18. The highest BCUT2D eigenvalue weighted by molar-refractivity contribution is 6.03. The number of nitrogens with two attached hydrogens (primary N) is 2. The summed E-state index contributed by atoms with van der Waals surface area (Å²) in [6, 6.07) is 6.14. The third-order valence-electron chi connectivity index (χ3n) is 4.43. The van der Waals surface area contributed by atoms with Gasteiger partial charge < -0.3 is 16.2 Å². The molecule has 7 nitrogen and oxygen atoms in total. The lowest BCUT2D eigenvalue weighted by Gasteiger charge is -2.14. The van der Waals surface area contributed by atoms with Gasteiger partial charge >= 0.3 is 18.2 Å². The smallest absolute Gasteiger partial charge is 0.417 e. The molecule has 3 aromatic rings. The zero-order valence-corrected chi connectivity index (χ0v) is 15.6. The Hall–Kier alpha value is -3.82. The fourth-order valence-electron chi connectivity index (χ4n) is 3.04. The molecule has 0 aliphatic heterocycles. The topological polar surface area (TPSA) is 117 Å². The van der Waals surface area contributed by atoms with E-state index in [1.54, 1.807) is 6.92 Å². The summed E-state index contributed by atoms with van der Waals surface area (Å²) in [6.45, 7) is 1.59. The number of nitrogens with zero attached hydrogens (tertiary/aromatic N) is 1. The summed E-state index contributed by atoms with van der Waals surface area (Å²) < 4.78 is 47.3. The van der Waals surface area contributed by atoms with Crippen LogP contribution in [-0.2, 0) is 11.0 Å². The van der Waals surface area contributed by atoms with E-state index in [9.17, 15) is 27.6 Å². The Bertz CT molecular complexity index is 1180. The van der Waals surface area contributed by atoms with E-state index in [1.165, 1.54) is 18.2 Å². The van der Waals surface area contributed by atoms with E-state index >= 15 is 0 Å². The maximum Gasteiger partial charge on any atom is 0.417 e. The second-order valence-corrected chi connectivity index (χ2v) is 6.38. The molecular formula is C20H16F3N3O4. The van der Waals surface area contributed by atoms with E-state index < -0.39 is 29.6 Å². The molecule has 0 radical (unpaired) electrons. The second kappa shape index (κ2) is 7.54. The second-order valence-electron chi connectivity index (χ2n) is 6.38. The van der Waals surface area contributed by atoms with Gasteiger partial charge in [-0.3, -0.25) is 14.2 Å². The summed E-state index contributed by atoms with van der Waals surface area (Å²) in [5, 5.41) is 0.201. The van der Waals surface area contributed by atoms with Crippen LogP contribution in [0, 0.1) is 0 Å². The van der Waals surface area contributed by atoms with Gasteiger partial charge in [0.05, 0.1) is 11.1 Å². The van der Waals surface area contributed by atoms with Crippen molar-refractivity contribution in [1.82, 2.24) is 4.57 Å². The van der Waals surface area contributed by atoms with Crippen molar-refractivity contribution in [3.05, 3.63) is 53.7 Å². The number of ether oxygens (including phenoxy) is 1. The van der Waals surface area contributed by atoms with Crippen molar-refractivity contribution < 1.29 is 32.3 Å². The number of hydrogen-bond acceptors (Lipinski definition) is 4. The molecule has 0 saturated carbocycles. The molecule has 0 spiro atoms. The number of amides is 2. The van der Waals surface area contributed by atoms with Crippen molar-refractivity contribution in [2.45, 2.75) is 19.5 Å². The minimum atomic E-state index is -4.81. The van der Waals surface area contributed by atoms with Crippen molar-refractivity contribution in [2.75, 3.05) is 0 Å². The minimum Gasteiger partial charge on any atom is -0.427 e. The van der Waals surface area contributed by atoms with Crippen LogP contribution in [0.2, 0.25) is 0 Å². The molecule has 30 heavy (non-hydrogen) atoms. The molecule has 156 valence electrons. The fourth-order valence-corrected chi connectivity index (χ4v) is 3.04. The molecule has 2 amide bonds. The van der Waals surface area contributed by atoms with Crippen LogP contribution in [0.3, 0.4) is 0 Å². The van der Waals surface area contributed by atoms with Gasteiger partial charge in [0, 0.05) is 29.1 Å². The van der Waals surface area contributed by atoms with E-state index in [-0.39, 0.29) is 39.8 Å². The standard InChI is InChI=1S/C20H16F3N3O4/c1-2-17(27)30-11-4-6-16-13(8-11)14(9-26(16)19(25)29)12-5-3-10(18(24)28)7-15(12)20(21,22)23/h3-9H,2H2,1H3,(H2,24,28)(H2,25,29). The number of carbonyl (C=O) groups is 3. The molecular weight excluding hydrogens is 403 g/mol.